The molecular formula is C18H17N5O3S2. The molecular weight excluding hydrogens is 398 g/mol. The van der Waals surface area contributed by atoms with E-state index in [0.717, 1.165) is 11.7 Å². The third kappa shape index (κ3) is 2.81. The molecule has 10 heteroatoms. The van der Waals surface area contributed by atoms with Crippen LogP contribution in [0.15, 0.2) is 52.2 Å². The molecule has 2 aromatic carbocycles. The van der Waals surface area contributed by atoms with E-state index < -0.39 is 15.6 Å². The molecule has 0 aliphatic rings. The SMILES string of the molecule is Cc1ccc2nsnc2c1S(=O)(=O)Nc1c(C)n(C)n(-c2ccccc2)c1=O. The van der Waals surface area contributed by atoms with Gasteiger partial charge in [0.25, 0.3) is 15.6 Å². The number of nitrogens with one attached hydrogen (secondary N) is 1. The van der Waals surface area contributed by atoms with Gasteiger partial charge in [-0.25, -0.2) is 13.1 Å². The van der Waals surface area contributed by atoms with Crippen molar-refractivity contribution in [2.24, 2.45) is 7.05 Å². The maximum absolute atomic E-state index is 13.2. The van der Waals surface area contributed by atoms with Gasteiger partial charge in [-0.1, -0.05) is 24.3 Å². The molecule has 0 fully saturated rings. The number of aryl methyl sites for hydroxylation is 1. The molecule has 4 aromatic rings. The molecule has 28 heavy (non-hydrogen) atoms. The van der Waals surface area contributed by atoms with Crippen LogP contribution in [0.4, 0.5) is 5.69 Å². The number of aromatic nitrogens is 4. The van der Waals surface area contributed by atoms with E-state index in [4.69, 9.17) is 0 Å². The quantitative estimate of drug-likeness (QED) is 0.552. The number of anilines is 1. The molecule has 144 valence electrons. The van der Waals surface area contributed by atoms with Crippen molar-refractivity contribution in [1.82, 2.24) is 18.1 Å². The normalized spacial score (nSPS) is 11.8. The van der Waals surface area contributed by atoms with Crippen molar-refractivity contribution in [2.75, 3.05) is 4.72 Å². The fourth-order valence-electron chi connectivity index (χ4n) is 3.14. The first-order valence-corrected chi connectivity index (χ1v) is 10.6. The van der Waals surface area contributed by atoms with Crippen molar-refractivity contribution in [2.45, 2.75) is 18.7 Å². The lowest BCUT2D eigenvalue weighted by atomic mass is 10.2. The van der Waals surface area contributed by atoms with Crippen molar-refractivity contribution in [3.8, 4) is 5.69 Å². The summed E-state index contributed by atoms with van der Waals surface area (Å²) in [5, 5.41) is 0. The largest absolute Gasteiger partial charge is 0.296 e. The summed E-state index contributed by atoms with van der Waals surface area (Å²) < 4.78 is 40.1. The second kappa shape index (κ2) is 6.57. The Hall–Kier alpha value is -2.98. The third-order valence-electron chi connectivity index (χ3n) is 4.64. The van der Waals surface area contributed by atoms with E-state index in [0.29, 0.717) is 28.0 Å². The fraction of sp³-hybridized carbons (Fsp3) is 0.167. The summed E-state index contributed by atoms with van der Waals surface area (Å²) in [7, 11) is -2.34. The number of nitrogens with zero attached hydrogens (tertiary/aromatic N) is 4. The Balaban J connectivity index is 1.87. The van der Waals surface area contributed by atoms with Crippen LogP contribution < -0.4 is 10.3 Å². The maximum atomic E-state index is 13.2. The van der Waals surface area contributed by atoms with E-state index in [1.165, 1.54) is 4.68 Å². The fourth-order valence-corrected chi connectivity index (χ4v) is 5.24. The van der Waals surface area contributed by atoms with Crippen LogP contribution in [0.5, 0.6) is 0 Å². The van der Waals surface area contributed by atoms with Crippen LogP contribution in [0, 0.1) is 13.8 Å². The lowest BCUT2D eigenvalue weighted by Crippen LogP contribution is -2.23. The minimum absolute atomic E-state index is 0.00550. The summed E-state index contributed by atoms with van der Waals surface area (Å²) >= 11 is 0.946. The first-order chi connectivity index (χ1) is 13.3. The van der Waals surface area contributed by atoms with Crippen LogP contribution >= 0.6 is 11.7 Å². The van der Waals surface area contributed by atoms with E-state index in [9.17, 15) is 13.2 Å². The van der Waals surface area contributed by atoms with Crippen LogP contribution in [0.25, 0.3) is 16.7 Å². The Labute approximate surface area is 165 Å². The zero-order valence-corrected chi connectivity index (χ0v) is 17.0. The lowest BCUT2D eigenvalue weighted by molar-refractivity contribution is 0.601. The number of rotatable bonds is 4. The van der Waals surface area contributed by atoms with Gasteiger partial charge in [-0.2, -0.15) is 8.75 Å². The molecule has 0 radical (unpaired) electrons. The smallest absolute Gasteiger partial charge is 0.283 e. The Bertz CT molecular complexity index is 1350. The summed E-state index contributed by atoms with van der Waals surface area (Å²) in [6.45, 7) is 3.38. The summed E-state index contributed by atoms with van der Waals surface area (Å²) in [5.74, 6) is 0. The third-order valence-corrected chi connectivity index (χ3v) is 6.71. The molecule has 0 bridgehead atoms. The highest BCUT2D eigenvalue weighted by Crippen LogP contribution is 2.27. The molecule has 8 nitrogen and oxygen atoms in total. The second-order valence-corrected chi connectivity index (χ2v) is 8.53. The predicted octanol–water partition coefficient (Wildman–Crippen LogP) is 2.60. The minimum Gasteiger partial charge on any atom is -0.283 e. The zero-order valence-electron chi connectivity index (χ0n) is 15.4. The van der Waals surface area contributed by atoms with Crippen molar-refractivity contribution >= 4 is 38.5 Å². The highest BCUT2D eigenvalue weighted by atomic mass is 32.2. The highest BCUT2D eigenvalue weighted by molar-refractivity contribution is 7.93. The van der Waals surface area contributed by atoms with Crippen LogP contribution in [-0.2, 0) is 17.1 Å². The molecule has 0 unspecified atom stereocenters. The zero-order chi connectivity index (χ0) is 20.1. The molecule has 2 heterocycles. The van der Waals surface area contributed by atoms with Crippen LogP contribution in [0.3, 0.4) is 0 Å². The van der Waals surface area contributed by atoms with E-state index in [1.54, 1.807) is 49.8 Å². The van der Waals surface area contributed by atoms with Gasteiger partial charge in [0, 0.05) is 7.05 Å². The van der Waals surface area contributed by atoms with Gasteiger partial charge in [-0.15, -0.1) is 0 Å². The van der Waals surface area contributed by atoms with Crippen LogP contribution in [0.2, 0.25) is 0 Å². The van der Waals surface area contributed by atoms with Crippen LogP contribution in [0.1, 0.15) is 11.3 Å². The topological polar surface area (TPSA) is 98.9 Å². The molecule has 0 aliphatic carbocycles. The van der Waals surface area contributed by atoms with Gasteiger partial charge < -0.3 is 0 Å². The van der Waals surface area contributed by atoms with Crippen molar-refractivity contribution in [3.05, 3.63) is 64.1 Å². The van der Waals surface area contributed by atoms with Gasteiger partial charge >= 0.3 is 0 Å². The molecule has 1 N–H and O–H groups in total. The number of fused-ring (bicyclic) bond motifs is 1. The molecule has 2 aromatic heterocycles. The van der Waals surface area contributed by atoms with E-state index >= 15 is 0 Å². The maximum Gasteiger partial charge on any atom is 0.296 e. The van der Waals surface area contributed by atoms with Crippen molar-refractivity contribution < 1.29 is 8.42 Å². The van der Waals surface area contributed by atoms with Gasteiger partial charge in [0.2, 0.25) is 0 Å². The Morgan fingerprint density at radius 3 is 2.46 bits per heavy atom. The second-order valence-electron chi connectivity index (χ2n) is 6.39. The number of benzene rings is 2. The molecule has 0 saturated carbocycles. The van der Waals surface area contributed by atoms with Gasteiger partial charge in [-0.3, -0.25) is 14.2 Å². The van der Waals surface area contributed by atoms with Crippen LogP contribution in [-0.4, -0.2) is 26.5 Å². The Kier molecular flexibility index (Phi) is 4.31. The summed E-state index contributed by atoms with van der Waals surface area (Å²) in [6.07, 6.45) is 0. The lowest BCUT2D eigenvalue weighted by Gasteiger charge is -2.09. The average molecular weight is 416 g/mol. The first kappa shape index (κ1) is 18.4. The predicted molar refractivity (Wildman–Crippen MR) is 109 cm³/mol. The molecule has 0 spiro atoms. The van der Waals surface area contributed by atoms with Crippen molar-refractivity contribution in [3.63, 3.8) is 0 Å². The Morgan fingerprint density at radius 2 is 1.75 bits per heavy atom. The van der Waals surface area contributed by atoms with Gasteiger partial charge in [0.1, 0.15) is 21.6 Å². The van der Waals surface area contributed by atoms with Gasteiger partial charge in [0.15, 0.2) is 0 Å². The number of para-hydroxylation sites is 1. The Morgan fingerprint density at radius 1 is 1.04 bits per heavy atom. The number of sulfonamides is 1. The van der Waals surface area contributed by atoms with Crippen molar-refractivity contribution in [1.29, 1.82) is 0 Å². The monoisotopic (exact) mass is 415 g/mol. The molecule has 0 saturated heterocycles. The molecule has 4 rings (SSSR count). The number of hydrogen-bond acceptors (Lipinski definition) is 6. The molecule has 0 amide bonds. The molecule has 0 atom stereocenters. The minimum atomic E-state index is -4.04. The summed E-state index contributed by atoms with van der Waals surface area (Å²) in [5.41, 5.74) is 2.03. The van der Waals surface area contributed by atoms with E-state index in [2.05, 4.69) is 13.5 Å². The summed E-state index contributed by atoms with van der Waals surface area (Å²) in [6, 6.07) is 12.4. The summed E-state index contributed by atoms with van der Waals surface area (Å²) in [4.78, 5) is 13.0. The number of hydrogen-bond donors (Lipinski definition) is 1. The molecule has 0 aliphatic heterocycles. The highest BCUT2D eigenvalue weighted by Gasteiger charge is 2.26. The van der Waals surface area contributed by atoms with E-state index in [-0.39, 0.29) is 10.6 Å². The van der Waals surface area contributed by atoms with Gasteiger partial charge in [0.05, 0.1) is 23.1 Å². The van der Waals surface area contributed by atoms with E-state index in [1.807, 2.05) is 18.2 Å². The van der Waals surface area contributed by atoms with Gasteiger partial charge in [-0.05, 0) is 37.6 Å². The average Bonchev–Trinajstić information content (AvgIpc) is 3.21. The standard InChI is InChI=1S/C18H17N5O3S2/c1-11-9-10-14-16(20-27-19-14)17(11)28(25,26)21-15-12(2)22(3)23(18(15)24)13-7-5-4-6-8-13/h4-10,21H,1-3H3. The first-order valence-electron chi connectivity index (χ1n) is 8.40.